The number of carbonyl (C=O) groups is 1. The van der Waals surface area contributed by atoms with Crippen LogP contribution < -0.4 is 4.90 Å². The van der Waals surface area contributed by atoms with E-state index in [1.165, 1.54) is 37.8 Å². The molecule has 1 aromatic heterocycles. The van der Waals surface area contributed by atoms with E-state index in [2.05, 4.69) is 11.1 Å². The Kier molecular flexibility index (Phi) is 4.69. The highest BCUT2D eigenvalue weighted by Crippen LogP contribution is 2.32. The molecule has 1 aliphatic carbocycles. The average Bonchev–Trinajstić information content (AvgIpc) is 3.18. The first-order valence-electron chi connectivity index (χ1n) is 9.17. The van der Waals surface area contributed by atoms with Crippen LogP contribution in [-0.4, -0.2) is 29.0 Å². The third kappa shape index (κ3) is 3.34. The predicted octanol–water partition coefficient (Wildman–Crippen LogP) is 4.69. The SMILES string of the molecule is O=C1N(CC2CCCC2)CC=C(c2ccncc2)N1c1ccc(F)cc1. The van der Waals surface area contributed by atoms with E-state index in [9.17, 15) is 9.18 Å². The quantitative estimate of drug-likeness (QED) is 0.801. The number of hydrogen-bond acceptors (Lipinski definition) is 2. The maximum absolute atomic E-state index is 13.4. The van der Waals surface area contributed by atoms with Gasteiger partial charge in [0.05, 0.1) is 11.4 Å². The van der Waals surface area contributed by atoms with Gasteiger partial charge in [0, 0.05) is 31.0 Å². The second-order valence-electron chi connectivity index (χ2n) is 6.98. The van der Waals surface area contributed by atoms with Crippen LogP contribution in [0.5, 0.6) is 0 Å². The highest BCUT2D eigenvalue weighted by atomic mass is 19.1. The Labute approximate surface area is 153 Å². The van der Waals surface area contributed by atoms with Crippen molar-refractivity contribution in [1.82, 2.24) is 9.88 Å². The summed E-state index contributed by atoms with van der Waals surface area (Å²) >= 11 is 0. The summed E-state index contributed by atoms with van der Waals surface area (Å²) in [4.78, 5) is 20.9. The fraction of sp³-hybridized carbons (Fsp3) is 0.333. The number of pyridine rings is 1. The monoisotopic (exact) mass is 351 g/mol. The Hall–Kier alpha value is -2.69. The van der Waals surface area contributed by atoms with Gasteiger partial charge < -0.3 is 4.90 Å². The van der Waals surface area contributed by atoms with Gasteiger partial charge in [0.1, 0.15) is 5.82 Å². The van der Waals surface area contributed by atoms with Crippen LogP contribution >= 0.6 is 0 Å². The molecule has 2 heterocycles. The summed E-state index contributed by atoms with van der Waals surface area (Å²) in [5.74, 6) is 0.278. The zero-order chi connectivity index (χ0) is 17.9. The summed E-state index contributed by atoms with van der Waals surface area (Å²) in [6.07, 6.45) is 10.4. The minimum atomic E-state index is -0.310. The number of carbonyl (C=O) groups excluding carboxylic acids is 1. The van der Waals surface area contributed by atoms with Gasteiger partial charge >= 0.3 is 6.03 Å². The van der Waals surface area contributed by atoms with Gasteiger partial charge in [-0.05, 0) is 61.2 Å². The molecule has 0 unspecified atom stereocenters. The van der Waals surface area contributed by atoms with E-state index in [0.717, 1.165) is 17.8 Å². The van der Waals surface area contributed by atoms with E-state index < -0.39 is 0 Å². The fourth-order valence-electron chi connectivity index (χ4n) is 3.88. The summed E-state index contributed by atoms with van der Waals surface area (Å²) in [5.41, 5.74) is 2.43. The summed E-state index contributed by atoms with van der Waals surface area (Å²) in [7, 11) is 0. The molecule has 4 nitrogen and oxygen atoms in total. The fourth-order valence-corrected chi connectivity index (χ4v) is 3.88. The molecule has 2 aliphatic rings. The Morgan fingerprint density at radius 3 is 2.42 bits per heavy atom. The lowest BCUT2D eigenvalue weighted by Gasteiger charge is -2.37. The molecule has 4 rings (SSSR count). The van der Waals surface area contributed by atoms with Gasteiger partial charge in [0.2, 0.25) is 0 Å². The molecule has 1 aromatic carbocycles. The van der Waals surface area contributed by atoms with E-state index in [1.54, 1.807) is 29.4 Å². The highest BCUT2D eigenvalue weighted by molar-refractivity contribution is 6.06. The standard InChI is InChI=1S/C21H22FN3O/c22-18-5-7-19(8-6-18)25-20(17-9-12-23-13-10-17)11-14-24(21(25)26)15-16-3-1-2-4-16/h5-13,16H,1-4,14-15H2. The molecule has 0 atom stereocenters. The van der Waals surface area contributed by atoms with Crippen molar-refractivity contribution in [1.29, 1.82) is 0 Å². The second-order valence-corrected chi connectivity index (χ2v) is 6.98. The lowest BCUT2D eigenvalue weighted by atomic mass is 10.1. The van der Waals surface area contributed by atoms with Crippen molar-refractivity contribution in [2.24, 2.45) is 5.92 Å². The largest absolute Gasteiger partial charge is 0.329 e. The minimum absolute atomic E-state index is 0.0437. The molecule has 0 saturated heterocycles. The number of urea groups is 1. The van der Waals surface area contributed by atoms with Gasteiger partial charge in [-0.1, -0.05) is 12.8 Å². The molecule has 0 radical (unpaired) electrons. The van der Waals surface area contributed by atoms with Crippen molar-refractivity contribution >= 4 is 17.4 Å². The van der Waals surface area contributed by atoms with Crippen LogP contribution in [0.3, 0.4) is 0 Å². The zero-order valence-corrected chi connectivity index (χ0v) is 14.6. The number of halogens is 1. The topological polar surface area (TPSA) is 36.4 Å². The third-order valence-electron chi connectivity index (χ3n) is 5.22. The lowest BCUT2D eigenvalue weighted by Crippen LogP contribution is -2.47. The van der Waals surface area contributed by atoms with Crippen molar-refractivity contribution in [3.8, 4) is 0 Å². The molecule has 1 fully saturated rings. The van der Waals surface area contributed by atoms with Crippen LogP contribution in [0.2, 0.25) is 0 Å². The van der Waals surface area contributed by atoms with Crippen LogP contribution in [0.1, 0.15) is 31.2 Å². The first kappa shape index (κ1) is 16.8. The van der Waals surface area contributed by atoms with E-state index in [0.29, 0.717) is 18.2 Å². The number of benzene rings is 1. The molecular weight excluding hydrogens is 329 g/mol. The molecule has 1 saturated carbocycles. The number of amides is 2. The number of aromatic nitrogens is 1. The van der Waals surface area contributed by atoms with Gasteiger partial charge in [-0.15, -0.1) is 0 Å². The van der Waals surface area contributed by atoms with E-state index in [4.69, 9.17) is 0 Å². The zero-order valence-electron chi connectivity index (χ0n) is 14.6. The van der Waals surface area contributed by atoms with Crippen molar-refractivity contribution in [3.05, 3.63) is 66.2 Å². The summed E-state index contributed by atoms with van der Waals surface area (Å²) in [6.45, 7) is 1.39. The van der Waals surface area contributed by atoms with Crippen molar-refractivity contribution in [3.63, 3.8) is 0 Å². The highest BCUT2D eigenvalue weighted by Gasteiger charge is 2.31. The van der Waals surface area contributed by atoms with Crippen molar-refractivity contribution in [2.75, 3.05) is 18.0 Å². The number of nitrogens with zero attached hydrogens (tertiary/aromatic N) is 3. The molecule has 0 spiro atoms. The molecule has 2 amide bonds. The first-order valence-corrected chi connectivity index (χ1v) is 9.17. The Bertz CT molecular complexity index is 798. The van der Waals surface area contributed by atoms with Crippen LogP contribution in [0.25, 0.3) is 5.70 Å². The van der Waals surface area contributed by atoms with Gasteiger partial charge in [-0.25, -0.2) is 9.18 Å². The van der Waals surface area contributed by atoms with Crippen LogP contribution in [0.4, 0.5) is 14.9 Å². The van der Waals surface area contributed by atoms with Crippen molar-refractivity contribution in [2.45, 2.75) is 25.7 Å². The van der Waals surface area contributed by atoms with Gasteiger partial charge in [0.15, 0.2) is 0 Å². The van der Waals surface area contributed by atoms with Crippen LogP contribution in [0.15, 0.2) is 54.9 Å². The van der Waals surface area contributed by atoms with Crippen LogP contribution in [-0.2, 0) is 0 Å². The molecule has 0 bridgehead atoms. The van der Waals surface area contributed by atoms with E-state index in [-0.39, 0.29) is 11.8 Å². The maximum Gasteiger partial charge on any atom is 0.329 e. The smallest absolute Gasteiger partial charge is 0.320 e. The molecule has 26 heavy (non-hydrogen) atoms. The van der Waals surface area contributed by atoms with Gasteiger partial charge in [0.25, 0.3) is 0 Å². The normalized spacial score (nSPS) is 18.3. The predicted molar refractivity (Wildman–Crippen MR) is 100 cm³/mol. The molecule has 0 N–H and O–H groups in total. The Morgan fingerprint density at radius 2 is 1.73 bits per heavy atom. The lowest BCUT2D eigenvalue weighted by molar-refractivity contribution is 0.201. The maximum atomic E-state index is 13.4. The first-order chi connectivity index (χ1) is 12.7. The summed E-state index contributed by atoms with van der Waals surface area (Å²) in [5, 5.41) is 0. The summed E-state index contributed by atoms with van der Waals surface area (Å²) in [6, 6.07) is 9.83. The Morgan fingerprint density at radius 1 is 1.04 bits per heavy atom. The van der Waals surface area contributed by atoms with E-state index >= 15 is 0 Å². The third-order valence-corrected chi connectivity index (χ3v) is 5.22. The van der Waals surface area contributed by atoms with Gasteiger partial charge in [-0.3, -0.25) is 9.88 Å². The average molecular weight is 351 g/mol. The Balaban J connectivity index is 1.68. The minimum Gasteiger partial charge on any atom is -0.320 e. The molecular formula is C21H22FN3O. The molecule has 2 aromatic rings. The number of hydrogen-bond donors (Lipinski definition) is 0. The molecule has 134 valence electrons. The van der Waals surface area contributed by atoms with Gasteiger partial charge in [-0.2, -0.15) is 0 Å². The summed E-state index contributed by atoms with van der Waals surface area (Å²) < 4.78 is 13.4. The molecule has 5 heteroatoms. The number of anilines is 1. The second kappa shape index (κ2) is 7.28. The van der Waals surface area contributed by atoms with Crippen molar-refractivity contribution < 1.29 is 9.18 Å². The molecule has 1 aliphatic heterocycles. The van der Waals surface area contributed by atoms with E-state index in [1.807, 2.05) is 17.0 Å². The number of rotatable bonds is 4. The van der Waals surface area contributed by atoms with Crippen LogP contribution in [0, 0.1) is 11.7 Å².